The van der Waals surface area contributed by atoms with Crippen molar-refractivity contribution >= 4 is 23.3 Å². The molecule has 0 radical (unpaired) electrons. The lowest BCUT2D eigenvalue weighted by molar-refractivity contribution is -0.144. The zero-order valence-corrected chi connectivity index (χ0v) is 12.1. The molecule has 0 saturated carbocycles. The van der Waals surface area contributed by atoms with Crippen LogP contribution >= 0.6 is 11.3 Å². The van der Waals surface area contributed by atoms with Crippen LogP contribution in [0.25, 0.3) is 0 Å². The molecular formula is C12H19N3O3S. The molecule has 0 saturated heterocycles. The van der Waals surface area contributed by atoms with E-state index in [1.807, 2.05) is 13.8 Å². The first-order chi connectivity index (χ1) is 8.87. The van der Waals surface area contributed by atoms with Crippen molar-refractivity contribution in [2.75, 3.05) is 0 Å². The molecule has 3 N–H and O–H groups in total. The molecule has 1 unspecified atom stereocenters. The van der Waals surface area contributed by atoms with Crippen LogP contribution in [0.5, 0.6) is 0 Å². The highest BCUT2D eigenvalue weighted by molar-refractivity contribution is 7.11. The first-order valence-corrected chi connectivity index (χ1v) is 6.89. The number of urea groups is 1. The molecule has 0 fully saturated rings. The van der Waals surface area contributed by atoms with Gasteiger partial charge in [-0.2, -0.15) is 0 Å². The monoisotopic (exact) mass is 285 g/mol. The number of hydrogen-bond donors (Lipinski definition) is 3. The quantitative estimate of drug-likeness (QED) is 0.744. The number of rotatable bonds is 6. The second-order valence-electron chi connectivity index (χ2n) is 4.54. The average Bonchev–Trinajstić information content (AvgIpc) is 2.72. The Kier molecular flexibility index (Phi) is 5.29. The van der Waals surface area contributed by atoms with Gasteiger partial charge in [-0.3, -0.25) is 0 Å². The Labute approximate surface area is 116 Å². The molecule has 2 amide bonds. The number of carboxylic acids is 1. The van der Waals surface area contributed by atoms with Crippen molar-refractivity contribution < 1.29 is 14.7 Å². The third-order valence-electron chi connectivity index (χ3n) is 2.70. The van der Waals surface area contributed by atoms with Crippen molar-refractivity contribution in [3.8, 4) is 0 Å². The molecule has 19 heavy (non-hydrogen) atoms. The van der Waals surface area contributed by atoms with E-state index in [2.05, 4.69) is 15.6 Å². The summed E-state index contributed by atoms with van der Waals surface area (Å²) in [7, 11) is 0. The molecule has 1 atom stereocenters. The zero-order valence-electron chi connectivity index (χ0n) is 11.3. The predicted molar refractivity (Wildman–Crippen MR) is 73.2 cm³/mol. The summed E-state index contributed by atoms with van der Waals surface area (Å²) >= 11 is 1.49. The van der Waals surface area contributed by atoms with Crippen LogP contribution in [0, 0.1) is 6.92 Å². The van der Waals surface area contributed by atoms with Crippen molar-refractivity contribution in [3.05, 3.63) is 16.1 Å². The number of amides is 2. The minimum Gasteiger partial charge on any atom is -0.480 e. The molecule has 106 valence electrons. The first kappa shape index (κ1) is 15.4. The SMILES string of the molecule is CCCC(C)(NC(=O)NCc1cnc(C)s1)C(=O)O. The van der Waals surface area contributed by atoms with Gasteiger partial charge in [0.25, 0.3) is 0 Å². The summed E-state index contributed by atoms with van der Waals surface area (Å²) in [6, 6.07) is -0.482. The van der Waals surface area contributed by atoms with Gasteiger partial charge < -0.3 is 15.7 Å². The van der Waals surface area contributed by atoms with E-state index < -0.39 is 17.5 Å². The summed E-state index contributed by atoms with van der Waals surface area (Å²) in [6.45, 7) is 5.62. The maximum absolute atomic E-state index is 11.7. The van der Waals surface area contributed by atoms with Crippen molar-refractivity contribution in [1.82, 2.24) is 15.6 Å². The van der Waals surface area contributed by atoms with Crippen LogP contribution in [0.3, 0.4) is 0 Å². The smallest absolute Gasteiger partial charge is 0.329 e. The van der Waals surface area contributed by atoms with E-state index >= 15 is 0 Å². The molecule has 1 rings (SSSR count). The molecule has 1 aromatic rings. The van der Waals surface area contributed by atoms with Gasteiger partial charge in [0.05, 0.1) is 11.6 Å². The van der Waals surface area contributed by atoms with E-state index in [-0.39, 0.29) is 0 Å². The number of carbonyl (C=O) groups is 2. The molecule has 7 heteroatoms. The van der Waals surface area contributed by atoms with Gasteiger partial charge in [-0.25, -0.2) is 14.6 Å². The number of aryl methyl sites for hydroxylation is 1. The fourth-order valence-electron chi connectivity index (χ4n) is 1.67. The predicted octanol–water partition coefficient (Wildman–Crippen LogP) is 1.89. The fourth-order valence-corrected chi connectivity index (χ4v) is 2.41. The lowest BCUT2D eigenvalue weighted by Crippen LogP contribution is -2.54. The van der Waals surface area contributed by atoms with Crippen LogP contribution in [-0.2, 0) is 11.3 Å². The highest BCUT2D eigenvalue weighted by atomic mass is 32.1. The van der Waals surface area contributed by atoms with E-state index in [0.717, 1.165) is 9.88 Å². The molecule has 0 aliphatic rings. The number of thiazole rings is 1. The second-order valence-corrected chi connectivity index (χ2v) is 5.86. The molecule has 6 nitrogen and oxygen atoms in total. The number of nitrogens with one attached hydrogen (secondary N) is 2. The Balaban J connectivity index is 2.51. The summed E-state index contributed by atoms with van der Waals surface area (Å²) in [6.07, 6.45) is 2.76. The van der Waals surface area contributed by atoms with E-state index in [1.165, 1.54) is 18.3 Å². The molecule has 0 aliphatic carbocycles. The minimum atomic E-state index is -1.23. The number of nitrogens with zero attached hydrogens (tertiary/aromatic N) is 1. The zero-order chi connectivity index (χ0) is 14.5. The largest absolute Gasteiger partial charge is 0.480 e. The van der Waals surface area contributed by atoms with E-state index in [9.17, 15) is 9.59 Å². The maximum Gasteiger partial charge on any atom is 0.329 e. The third kappa shape index (κ3) is 4.51. The Morgan fingerprint density at radius 2 is 2.21 bits per heavy atom. The van der Waals surface area contributed by atoms with Crippen LogP contribution in [0.1, 0.15) is 36.6 Å². The molecule has 0 aliphatic heterocycles. The number of carbonyl (C=O) groups excluding carboxylic acids is 1. The first-order valence-electron chi connectivity index (χ1n) is 6.08. The second kappa shape index (κ2) is 6.51. The van der Waals surface area contributed by atoms with Gasteiger partial charge >= 0.3 is 12.0 Å². The van der Waals surface area contributed by atoms with Gasteiger partial charge in [-0.15, -0.1) is 11.3 Å². The summed E-state index contributed by atoms with van der Waals surface area (Å²) in [5.74, 6) is -1.03. The standard InChI is InChI=1S/C12H19N3O3S/c1-4-5-12(3,10(16)17)15-11(18)14-7-9-6-13-8(2)19-9/h6H,4-5,7H2,1-3H3,(H,16,17)(H2,14,15,18). The lowest BCUT2D eigenvalue weighted by Gasteiger charge is -2.25. The molecular weight excluding hydrogens is 266 g/mol. The van der Waals surface area contributed by atoms with Crippen molar-refractivity contribution in [2.45, 2.75) is 45.7 Å². The number of aliphatic carboxylic acids is 1. The van der Waals surface area contributed by atoms with Gasteiger partial charge in [-0.1, -0.05) is 13.3 Å². The number of aromatic nitrogens is 1. The fraction of sp³-hybridized carbons (Fsp3) is 0.583. The van der Waals surface area contributed by atoms with Crippen molar-refractivity contribution in [1.29, 1.82) is 0 Å². The van der Waals surface area contributed by atoms with Crippen molar-refractivity contribution in [3.63, 3.8) is 0 Å². The van der Waals surface area contributed by atoms with E-state index in [1.54, 1.807) is 6.20 Å². The third-order valence-corrected chi connectivity index (χ3v) is 3.62. The van der Waals surface area contributed by atoms with Gasteiger partial charge in [0.1, 0.15) is 5.54 Å². The van der Waals surface area contributed by atoms with Crippen LogP contribution < -0.4 is 10.6 Å². The summed E-state index contributed by atoms with van der Waals surface area (Å²) in [4.78, 5) is 27.9. The Morgan fingerprint density at radius 3 is 2.68 bits per heavy atom. The lowest BCUT2D eigenvalue weighted by atomic mass is 9.97. The molecule has 1 aromatic heterocycles. The van der Waals surface area contributed by atoms with Gasteiger partial charge in [0, 0.05) is 11.1 Å². The van der Waals surface area contributed by atoms with Gasteiger partial charge in [0.15, 0.2) is 0 Å². The summed E-state index contributed by atoms with van der Waals surface area (Å²) in [5, 5.41) is 15.2. The van der Waals surface area contributed by atoms with Crippen LogP contribution in [0.15, 0.2) is 6.20 Å². The number of hydrogen-bond acceptors (Lipinski definition) is 4. The number of carboxylic acid groups (broad SMARTS) is 1. The molecule has 0 spiro atoms. The minimum absolute atomic E-state index is 0.346. The van der Waals surface area contributed by atoms with E-state index in [4.69, 9.17) is 5.11 Å². The molecule has 0 aromatic carbocycles. The van der Waals surface area contributed by atoms with Gasteiger partial charge in [-0.05, 0) is 20.3 Å². The van der Waals surface area contributed by atoms with Gasteiger partial charge in [0.2, 0.25) is 0 Å². The van der Waals surface area contributed by atoms with Crippen molar-refractivity contribution in [2.24, 2.45) is 0 Å². The Morgan fingerprint density at radius 1 is 1.53 bits per heavy atom. The summed E-state index contributed by atoms with van der Waals surface area (Å²) in [5.41, 5.74) is -1.23. The van der Waals surface area contributed by atoms with E-state index in [0.29, 0.717) is 19.4 Å². The van der Waals surface area contributed by atoms with Crippen LogP contribution in [-0.4, -0.2) is 27.6 Å². The average molecular weight is 285 g/mol. The normalized spacial score (nSPS) is 13.6. The highest BCUT2D eigenvalue weighted by Crippen LogP contribution is 2.13. The molecule has 1 heterocycles. The Hall–Kier alpha value is -1.63. The maximum atomic E-state index is 11.7. The summed E-state index contributed by atoms with van der Waals surface area (Å²) < 4.78 is 0. The highest BCUT2D eigenvalue weighted by Gasteiger charge is 2.33. The van der Waals surface area contributed by atoms with Crippen LogP contribution in [0.2, 0.25) is 0 Å². The Bertz CT molecular complexity index is 461. The molecule has 0 bridgehead atoms. The topological polar surface area (TPSA) is 91.3 Å². The van der Waals surface area contributed by atoms with Crippen LogP contribution in [0.4, 0.5) is 4.79 Å².